The molecule has 2 rings (SSSR count). The zero-order valence-corrected chi connectivity index (χ0v) is 6.82. The third kappa shape index (κ3) is 1.13. The van der Waals surface area contributed by atoms with Gasteiger partial charge in [-0.1, -0.05) is 0 Å². The molecule has 0 aliphatic heterocycles. The fourth-order valence-corrected chi connectivity index (χ4v) is 0.972. The van der Waals surface area contributed by atoms with Gasteiger partial charge in [0.1, 0.15) is 11.4 Å². The molecule has 0 atom stereocenters. The van der Waals surface area contributed by atoms with Crippen LogP contribution in [-0.2, 0) is 7.05 Å². The van der Waals surface area contributed by atoms with E-state index in [1.807, 2.05) is 0 Å². The Morgan fingerprint density at radius 1 is 1.62 bits per heavy atom. The van der Waals surface area contributed by atoms with Gasteiger partial charge in [0.05, 0.1) is 6.20 Å². The van der Waals surface area contributed by atoms with Crippen LogP contribution >= 0.6 is 0 Å². The van der Waals surface area contributed by atoms with Crippen LogP contribution in [0.3, 0.4) is 0 Å². The smallest absolute Gasteiger partial charge is 0.194 e. The predicted octanol–water partition coefficient (Wildman–Crippen LogP) is -0.0735. The highest BCUT2D eigenvalue weighted by Crippen LogP contribution is 2.20. The summed E-state index contributed by atoms with van der Waals surface area (Å²) in [7, 11) is 1.64. The Bertz CT molecular complexity index is 430. The van der Waals surface area contributed by atoms with Crippen molar-refractivity contribution in [3.63, 3.8) is 0 Å². The van der Waals surface area contributed by atoms with E-state index in [2.05, 4.69) is 20.4 Å². The number of nitrogen functional groups attached to an aromatic ring is 1. The van der Waals surface area contributed by atoms with Gasteiger partial charge < -0.3 is 5.73 Å². The Kier molecular flexibility index (Phi) is 1.51. The number of aromatic amines is 1. The molecule has 0 fully saturated rings. The van der Waals surface area contributed by atoms with Crippen molar-refractivity contribution in [1.29, 1.82) is 0 Å². The topological polar surface area (TPSA) is 85.4 Å². The molecule has 7 heteroatoms. The van der Waals surface area contributed by atoms with Crippen LogP contribution in [0.25, 0.3) is 11.4 Å². The quantitative estimate of drug-likeness (QED) is 0.646. The van der Waals surface area contributed by atoms with Gasteiger partial charge >= 0.3 is 0 Å². The summed E-state index contributed by atoms with van der Waals surface area (Å²) < 4.78 is 13.2. The second-order valence-corrected chi connectivity index (χ2v) is 2.52. The van der Waals surface area contributed by atoms with E-state index in [1.54, 1.807) is 7.05 Å². The molecule has 0 spiro atoms. The predicted molar refractivity (Wildman–Crippen MR) is 43.0 cm³/mol. The Morgan fingerprint density at radius 3 is 2.85 bits per heavy atom. The minimum Gasteiger partial charge on any atom is -0.380 e. The Morgan fingerprint density at radius 2 is 2.38 bits per heavy atom. The SMILES string of the molecule is Cn1ncc(-c2[nH]nc(N)c2F)n1. The minimum atomic E-state index is -0.597. The lowest BCUT2D eigenvalue weighted by Crippen LogP contribution is -1.92. The number of halogens is 1. The van der Waals surface area contributed by atoms with Gasteiger partial charge in [-0.05, 0) is 0 Å². The van der Waals surface area contributed by atoms with Gasteiger partial charge in [0.15, 0.2) is 11.6 Å². The zero-order chi connectivity index (χ0) is 9.42. The summed E-state index contributed by atoms with van der Waals surface area (Å²) in [5, 5.41) is 13.6. The molecule has 0 amide bonds. The molecule has 68 valence electrons. The number of anilines is 1. The van der Waals surface area contributed by atoms with Gasteiger partial charge in [0, 0.05) is 7.05 Å². The highest BCUT2D eigenvalue weighted by atomic mass is 19.1. The fourth-order valence-electron chi connectivity index (χ4n) is 0.972. The maximum absolute atomic E-state index is 13.2. The zero-order valence-electron chi connectivity index (χ0n) is 6.82. The fraction of sp³-hybridized carbons (Fsp3) is 0.167. The molecule has 2 heterocycles. The lowest BCUT2D eigenvalue weighted by Gasteiger charge is -1.88. The molecule has 0 saturated carbocycles. The third-order valence-electron chi connectivity index (χ3n) is 1.59. The van der Waals surface area contributed by atoms with E-state index < -0.39 is 5.82 Å². The molecule has 2 aromatic heterocycles. The van der Waals surface area contributed by atoms with Gasteiger partial charge in [0.2, 0.25) is 0 Å². The monoisotopic (exact) mass is 182 g/mol. The Hall–Kier alpha value is -1.92. The number of aryl methyl sites for hydroxylation is 1. The molecular formula is C6H7FN6. The first-order valence-corrected chi connectivity index (χ1v) is 3.54. The average molecular weight is 182 g/mol. The van der Waals surface area contributed by atoms with Crippen LogP contribution < -0.4 is 5.73 Å². The number of nitrogens with two attached hydrogens (primary N) is 1. The van der Waals surface area contributed by atoms with Crippen LogP contribution in [0.1, 0.15) is 0 Å². The summed E-state index contributed by atoms with van der Waals surface area (Å²) >= 11 is 0. The lowest BCUT2D eigenvalue weighted by molar-refractivity contribution is 0.632. The molecule has 0 bridgehead atoms. The van der Waals surface area contributed by atoms with Crippen molar-refractivity contribution in [2.24, 2.45) is 7.05 Å². The summed E-state index contributed by atoms with van der Waals surface area (Å²) in [5.41, 5.74) is 5.75. The summed E-state index contributed by atoms with van der Waals surface area (Å²) in [6.07, 6.45) is 1.43. The molecule has 0 unspecified atom stereocenters. The average Bonchev–Trinajstić information content (AvgIpc) is 2.62. The molecule has 0 aliphatic carbocycles. The largest absolute Gasteiger partial charge is 0.380 e. The summed E-state index contributed by atoms with van der Waals surface area (Å²) in [6, 6.07) is 0. The number of rotatable bonds is 1. The van der Waals surface area contributed by atoms with Crippen LogP contribution in [0.15, 0.2) is 6.20 Å². The van der Waals surface area contributed by atoms with E-state index in [9.17, 15) is 4.39 Å². The minimum absolute atomic E-state index is 0.158. The van der Waals surface area contributed by atoms with Crippen molar-refractivity contribution in [2.75, 3.05) is 5.73 Å². The van der Waals surface area contributed by atoms with E-state index >= 15 is 0 Å². The van der Waals surface area contributed by atoms with E-state index in [-0.39, 0.29) is 11.5 Å². The Labute approximate surface area is 72.6 Å². The van der Waals surface area contributed by atoms with E-state index in [1.165, 1.54) is 11.0 Å². The molecule has 0 aromatic carbocycles. The van der Waals surface area contributed by atoms with Crippen LogP contribution in [-0.4, -0.2) is 25.2 Å². The number of aromatic nitrogens is 5. The second-order valence-electron chi connectivity index (χ2n) is 2.52. The maximum Gasteiger partial charge on any atom is 0.194 e. The molecule has 13 heavy (non-hydrogen) atoms. The van der Waals surface area contributed by atoms with Crippen molar-refractivity contribution in [3.05, 3.63) is 12.0 Å². The number of hydrogen-bond acceptors (Lipinski definition) is 4. The molecule has 0 saturated heterocycles. The van der Waals surface area contributed by atoms with E-state index in [0.29, 0.717) is 5.69 Å². The molecule has 3 N–H and O–H groups in total. The molecule has 0 radical (unpaired) electrons. The molecule has 0 aliphatic rings. The first kappa shape index (κ1) is 7.71. The van der Waals surface area contributed by atoms with Gasteiger partial charge in [-0.25, -0.2) is 4.39 Å². The van der Waals surface area contributed by atoms with Crippen LogP contribution in [0.2, 0.25) is 0 Å². The third-order valence-corrected chi connectivity index (χ3v) is 1.59. The second kappa shape index (κ2) is 2.54. The van der Waals surface area contributed by atoms with Gasteiger partial charge in [-0.15, -0.1) is 0 Å². The van der Waals surface area contributed by atoms with Crippen LogP contribution in [0.4, 0.5) is 10.2 Å². The number of hydrogen-bond donors (Lipinski definition) is 2. The summed E-state index contributed by atoms with van der Waals surface area (Å²) in [5.74, 6) is -0.763. The normalized spacial score (nSPS) is 10.6. The molecule has 6 nitrogen and oxygen atoms in total. The van der Waals surface area contributed by atoms with E-state index in [0.717, 1.165) is 0 Å². The van der Waals surface area contributed by atoms with E-state index in [4.69, 9.17) is 5.73 Å². The Balaban J connectivity index is 2.52. The summed E-state index contributed by atoms with van der Waals surface area (Å²) in [6.45, 7) is 0. The number of nitrogens with zero attached hydrogens (tertiary/aromatic N) is 4. The molecular weight excluding hydrogens is 175 g/mol. The van der Waals surface area contributed by atoms with Gasteiger partial charge in [-0.2, -0.15) is 20.1 Å². The highest BCUT2D eigenvalue weighted by molar-refractivity contribution is 5.57. The van der Waals surface area contributed by atoms with Gasteiger partial charge in [-0.3, -0.25) is 5.10 Å². The van der Waals surface area contributed by atoms with Crippen molar-refractivity contribution in [2.45, 2.75) is 0 Å². The van der Waals surface area contributed by atoms with Gasteiger partial charge in [0.25, 0.3) is 0 Å². The molecule has 2 aromatic rings. The van der Waals surface area contributed by atoms with Crippen LogP contribution in [0, 0.1) is 5.82 Å². The van der Waals surface area contributed by atoms with Crippen molar-refractivity contribution in [1.82, 2.24) is 25.2 Å². The van der Waals surface area contributed by atoms with Crippen molar-refractivity contribution < 1.29 is 4.39 Å². The van der Waals surface area contributed by atoms with Crippen LogP contribution in [0.5, 0.6) is 0 Å². The standard InChI is InChI=1S/C6H7FN6/c1-13-9-2-3(12-13)5-4(7)6(8)11-10-5/h2H,1H3,(H3,8,10,11). The van der Waals surface area contributed by atoms with Crippen molar-refractivity contribution >= 4 is 5.82 Å². The summed E-state index contributed by atoms with van der Waals surface area (Å²) in [4.78, 5) is 1.33. The highest BCUT2D eigenvalue weighted by Gasteiger charge is 2.14. The lowest BCUT2D eigenvalue weighted by atomic mass is 10.3. The van der Waals surface area contributed by atoms with Crippen molar-refractivity contribution in [3.8, 4) is 11.4 Å². The number of H-pyrrole nitrogens is 1. The first-order valence-electron chi connectivity index (χ1n) is 3.54. The first-order chi connectivity index (χ1) is 6.18. The number of nitrogens with one attached hydrogen (secondary N) is 1. The maximum atomic E-state index is 13.2.